The summed E-state index contributed by atoms with van der Waals surface area (Å²) in [4.78, 5) is 0. The Morgan fingerprint density at radius 1 is 1.30 bits per heavy atom. The van der Waals surface area contributed by atoms with Gasteiger partial charge in [-0.25, -0.2) is 0 Å². The van der Waals surface area contributed by atoms with Gasteiger partial charge in [0, 0.05) is 13.0 Å². The van der Waals surface area contributed by atoms with E-state index >= 15 is 0 Å². The molecule has 0 aromatic rings. The maximum atomic E-state index is 9.23. The van der Waals surface area contributed by atoms with Gasteiger partial charge in [0.15, 0.2) is 0 Å². The van der Waals surface area contributed by atoms with E-state index < -0.39 is 0 Å². The molecule has 0 bridgehead atoms. The molecule has 1 N–H and O–H groups in total. The summed E-state index contributed by atoms with van der Waals surface area (Å²) in [5.74, 6) is 0.755. The first kappa shape index (κ1) is 9.92. The molecule has 2 heteroatoms. The van der Waals surface area contributed by atoms with Crippen LogP contribution in [0.4, 0.5) is 0 Å². The molecule has 2 nitrogen and oxygen atoms in total. The van der Waals surface area contributed by atoms with Crippen molar-refractivity contribution in [3.63, 3.8) is 0 Å². The smallest absolute Gasteiger partial charge is 0.0564 e. The molecule has 0 radical (unpaired) electrons. The van der Waals surface area contributed by atoms with Crippen LogP contribution in [-0.4, -0.2) is 24.9 Å². The van der Waals surface area contributed by atoms with Crippen molar-refractivity contribution in [1.29, 1.82) is 0 Å². The number of rotatable bonds is 4. The quantitative estimate of drug-likeness (QED) is 0.647. The maximum Gasteiger partial charge on any atom is 0.0564 e. The van der Waals surface area contributed by atoms with E-state index in [0.29, 0.717) is 12.5 Å². The van der Waals surface area contributed by atoms with Crippen LogP contribution in [0.25, 0.3) is 0 Å². The Hall–Kier alpha value is -0.0800. The fourth-order valence-corrected chi connectivity index (χ4v) is 1.08. The minimum absolute atomic E-state index is 0.264. The second-order valence-electron chi connectivity index (χ2n) is 3.10. The van der Waals surface area contributed by atoms with Crippen molar-refractivity contribution in [2.45, 2.75) is 26.9 Å². The highest BCUT2D eigenvalue weighted by Gasteiger charge is 2.17. The van der Waals surface area contributed by atoms with Gasteiger partial charge in [0.2, 0.25) is 0 Å². The van der Waals surface area contributed by atoms with Crippen LogP contribution in [0.5, 0.6) is 0 Å². The summed E-state index contributed by atoms with van der Waals surface area (Å²) in [6.45, 7) is 6.64. The van der Waals surface area contributed by atoms with Crippen molar-refractivity contribution in [3.05, 3.63) is 0 Å². The van der Waals surface area contributed by atoms with Gasteiger partial charge < -0.3 is 9.84 Å². The summed E-state index contributed by atoms with van der Waals surface area (Å²) in [7, 11) is 1.66. The second-order valence-corrected chi connectivity index (χ2v) is 3.10. The number of hydrogen-bond donors (Lipinski definition) is 1. The molecule has 0 amide bonds. The van der Waals surface area contributed by atoms with Gasteiger partial charge in [0.25, 0.3) is 0 Å². The topological polar surface area (TPSA) is 29.5 Å². The van der Waals surface area contributed by atoms with Crippen molar-refractivity contribution in [2.24, 2.45) is 11.8 Å². The first-order valence-electron chi connectivity index (χ1n) is 3.76. The predicted molar refractivity (Wildman–Crippen MR) is 41.9 cm³/mol. The first-order valence-corrected chi connectivity index (χ1v) is 3.76. The fraction of sp³-hybridized carbons (Fsp3) is 1.00. The van der Waals surface area contributed by atoms with Crippen LogP contribution in [0.2, 0.25) is 0 Å². The summed E-state index contributed by atoms with van der Waals surface area (Å²) < 4.78 is 4.97. The molecule has 0 heterocycles. The molecule has 0 aliphatic carbocycles. The van der Waals surface area contributed by atoms with Crippen LogP contribution in [0.3, 0.4) is 0 Å². The molecule has 2 atom stereocenters. The molecule has 10 heavy (non-hydrogen) atoms. The fourth-order valence-electron chi connectivity index (χ4n) is 1.08. The van der Waals surface area contributed by atoms with E-state index in [4.69, 9.17) is 4.74 Å². The SMILES string of the molecule is COCC(C(C)C)C(C)O. The van der Waals surface area contributed by atoms with Crippen molar-refractivity contribution in [3.8, 4) is 0 Å². The Bertz CT molecular complexity index is 71.3. The first-order chi connectivity index (χ1) is 4.59. The molecule has 0 aliphatic rings. The van der Waals surface area contributed by atoms with Gasteiger partial charge in [-0.1, -0.05) is 13.8 Å². The zero-order valence-corrected chi connectivity index (χ0v) is 7.29. The van der Waals surface area contributed by atoms with E-state index in [1.54, 1.807) is 7.11 Å². The van der Waals surface area contributed by atoms with Crippen LogP contribution >= 0.6 is 0 Å². The highest BCUT2D eigenvalue weighted by Crippen LogP contribution is 2.14. The summed E-state index contributed by atoms with van der Waals surface area (Å²) >= 11 is 0. The minimum atomic E-state index is -0.264. The van der Waals surface area contributed by atoms with Gasteiger partial charge in [0.05, 0.1) is 12.7 Å². The zero-order chi connectivity index (χ0) is 8.15. The van der Waals surface area contributed by atoms with Crippen LogP contribution in [0.15, 0.2) is 0 Å². The van der Waals surface area contributed by atoms with Crippen molar-refractivity contribution >= 4 is 0 Å². The van der Waals surface area contributed by atoms with Crippen LogP contribution in [0.1, 0.15) is 20.8 Å². The summed E-state index contributed by atoms with van der Waals surface area (Å²) in [6.07, 6.45) is -0.264. The lowest BCUT2D eigenvalue weighted by molar-refractivity contribution is 0.0349. The Morgan fingerprint density at radius 2 is 1.80 bits per heavy atom. The lowest BCUT2D eigenvalue weighted by Gasteiger charge is -2.22. The lowest BCUT2D eigenvalue weighted by atomic mass is 9.92. The van der Waals surface area contributed by atoms with Crippen LogP contribution < -0.4 is 0 Å². The molecule has 0 aromatic carbocycles. The van der Waals surface area contributed by atoms with Gasteiger partial charge in [-0.2, -0.15) is 0 Å². The minimum Gasteiger partial charge on any atom is -0.393 e. The molecule has 0 aromatic heterocycles. The molecule has 62 valence electrons. The zero-order valence-electron chi connectivity index (χ0n) is 7.29. The Kier molecular flexibility index (Phi) is 4.65. The normalized spacial score (nSPS) is 17.4. The number of hydrogen-bond acceptors (Lipinski definition) is 2. The van der Waals surface area contributed by atoms with Gasteiger partial charge >= 0.3 is 0 Å². The average Bonchev–Trinajstić information content (AvgIpc) is 1.81. The Balaban J connectivity index is 3.73. The van der Waals surface area contributed by atoms with E-state index in [9.17, 15) is 5.11 Å². The lowest BCUT2D eigenvalue weighted by Crippen LogP contribution is -2.26. The van der Waals surface area contributed by atoms with E-state index in [2.05, 4.69) is 13.8 Å². The molecule has 0 spiro atoms. The van der Waals surface area contributed by atoms with Gasteiger partial charge in [-0.3, -0.25) is 0 Å². The van der Waals surface area contributed by atoms with Gasteiger partial charge in [-0.15, -0.1) is 0 Å². The van der Waals surface area contributed by atoms with E-state index in [-0.39, 0.29) is 12.0 Å². The highest BCUT2D eigenvalue weighted by atomic mass is 16.5. The largest absolute Gasteiger partial charge is 0.393 e. The molecule has 0 saturated carbocycles. The van der Waals surface area contributed by atoms with Crippen molar-refractivity contribution in [2.75, 3.05) is 13.7 Å². The third-order valence-electron chi connectivity index (χ3n) is 1.84. The second kappa shape index (κ2) is 4.69. The monoisotopic (exact) mass is 146 g/mol. The number of aliphatic hydroxyl groups excluding tert-OH is 1. The molecular weight excluding hydrogens is 128 g/mol. The standard InChI is InChI=1S/C8H18O2/c1-6(2)8(5-10-4)7(3)9/h6-9H,5H2,1-4H3. The third-order valence-corrected chi connectivity index (χ3v) is 1.84. The Morgan fingerprint density at radius 3 is 1.90 bits per heavy atom. The number of ether oxygens (including phenoxy) is 1. The molecule has 0 fully saturated rings. The van der Waals surface area contributed by atoms with E-state index in [0.717, 1.165) is 0 Å². The average molecular weight is 146 g/mol. The van der Waals surface area contributed by atoms with E-state index in [1.807, 2.05) is 6.92 Å². The van der Waals surface area contributed by atoms with Crippen LogP contribution in [0, 0.1) is 11.8 Å². The molecule has 2 unspecified atom stereocenters. The molecular formula is C8H18O2. The van der Waals surface area contributed by atoms with Gasteiger partial charge in [-0.05, 0) is 12.8 Å². The van der Waals surface area contributed by atoms with Crippen molar-refractivity contribution in [1.82, 2.24) is 0 Å². The molecule has 0 saturated heterocycles. The summed E-state index contributed by atoms with van der Waals surface area (Å²) in [6, 6.07) is 0. The summed E-state index contributed by atoms with van der Waals surface area (Å²) in [5, 5.41) is 9.23. The number of methoxy groups -OCH3 is 1. The van der Waals surface area contributed by atoms with E-state index in [1.165, 1.54) is 0 Å². The van der Waals surface area contributed by atoms with Crippen LogP contribution in [-0.2, 0) is 4.74 Å². The molecule has 0 rings (SSSR count). The van der Waals surface area contributed by atoms with Crippen molar-refractivity contribution < 1.29 is 9.84 Å². The summed E-state index contributed by atoms with van der Waals surface area (Å²) in [5.41, 5.74) is 0. The number of aliphatic hydroxyl groups is 1. The highest BCUT2D eigenvalue weighted by molar-refractivity contribution is 4.67. The maximum absolute atomic E-state index is 9.23. The Labute approximate surface area is 63.2 Å². The molecule has 0 aliphatic heterocycles. The van der Waals surface area contributed by atoms with Gasteiger partial charge in [0.1, 0.15) is 0 Å². The predicted octanol–water partition coefficient (Wildman–Crippen LogP) is 1.29. The third kappa shape index (κ3) is 3.18.